The molecule has 0 aromatic rings. The fraction of sp³-hybridized carbons (Fsp3) is 1.00. The van der Waals surface area contributed by atoms with Crippen LogP contribution in [0.1, 0.15) is 33.1 Å². The summed E-state index contributed by atoms with van der Waals surface area (Å²) < 4.78 is 15.8. The van der Waals surface area contributed by atoms with Crippen molar-refractivity contribution in [2.75, 3.05) is 46.6 Å². The molecule has 0 aromatic carbocycles. The van der Waals surface area contributed by atoms with Gasteiger partial charge in [0.1, 0.15) is 0 Å². The third-order valence-electron chi connectivity index (χ3n) is 2.45. The smallest absolute Gasteiger partial charge is 0.0704 e. The minimum atomic E-state index is 0.324. The summed E-state index contributed by atoms with van der Waals surface area (Å²) in [6.07, 6.45) is 3.80. The molecule has 0 rings (SSSR count). The SMILES string of the molecule is CCCNCCCC(C)OCCOCCOC. The molecule has 1 N–H and O–H groups in total. The Hall–Kier alpha value is -0.160. The van der Waals surface area contributed by atoms with Crippen molar-refractivity contribution in [3.8, 4) is 0 Å². The monoisotopic (exact) mass is 247 g/mol. The Morgan fingerprint density at radius 3 is 2.53 bits per heavy atom. The van der Waals surface area contributed by atoms with E-state index in [1.165, 1.54) is 12.8 Å². The van der Waals surface area contributed by atoms with Gasteiger partial charge in [0.25, 0.3) is 0 Å². The Morgan fingerprint density at radius 1 is 1.06 bits per heavy atom. The number of nitrogens with one attached hydrogen (secondary N) is 1. The third kappa shape index (κ3) is 13.8. The second-order valence-corrected chi connectivity index (χ2v) is 4.18. The van der Waals surface area contributed by atoms with Gasteiger partial charge in [-0.2, -0.15) is 0 Å². The highest BCUT2D eigenvalue weighted by molar-refractivity contribution is 4.53. The highest BCUT2D eigenvalue weighted by Gasteiger charge is 2.01. The van der Waals surface area contributed by atoms with E-state index in [0.29, 0.717) is 32.5 Å². The van der Waals surface area contributed by atoms with Crippen LogP contribution in [-0.2, 0) is 14.2 Å². The number of hydrogen-bond acceptors (Lipinski definition) is 4. The van der Waals surface area contributed by atoms with Crippen LogP contribution in [-0.4, -0.2) is 52.7 Å². The summed E-state index contributed by atoms with van der Waals surface area (Å²) in [7, 11) is 1.68. The molecular formula is C13H29NO3. The van der Waals surface area contributed by atoms with Gasteiger partial charge >= 0.3 is 0 Å². The van der Waals surface area contributed by atoms with E-state index in [-0.39, 0.29) is 0 Å². The first kappa shape index (κ1) is 16.8. The van der Waals surface area contributed by atoms with Crippen LogP contribution in [0.15, 0.2) is 0 Å². The largest absolute Gasteiger partial charge is 0.382 e. The van der Waals surface area contributed by atoms with E-state index in [1.54, 1.807) is 7.11 Å². The van der Waals surface area contributed by atoms with Crippen molar-refractivity contribution >= 4 is 0 Å². The van der Waals surface area contributed by atoms with Gasteiger partial charge in [0.15, 0.2) is 0 Å². The van der Waals surface area contributed by atoms with Crippen LogP contribution < -0.4 is 5.32 Å². The molecule has 0 fully saturated rings. The van der Waals surface area contributed by atoms with Gasteiger partial charge < -0.3 is 19.5 Å². The van der Waals surface area contributed by atoms with Crippen molar-refractivity contribution < 1.29 is 14.2 Å². The average Bonchev–Trinajstić information content (AvgIpc) is 2.33. The van der Waals surface area contributed by atoms with E-state index >= 15 is 0 Å². The van der Waals surface area contributed by atoms with Gasteiger partial charge in [-0.1, -0.05) is 6.92 Å². The van der Waals surface area contributed by atoms with Crippen LogP contribution in [0, 0.1) is 0 Å². The zero-order valence-electron chi connectivity index (χ0n) is 11.7. The fourth-order valence-electron chi connectivity index (χ4n) is 1.45. The van der Waals surface area contributed by atoms with Crippen LogP contribution >= 0.6 is 0 Å². The second kappa shape index (κ2) is 13.9. The molecule has 17 heavy (non-hydrogen) atoms. The number of methoxy groups -OCH3 is 1. The first-order valence-electron chi connectivity index (χ1n) is 6.70. The molecule has 104 valence electrons. The summed E-state index contributed by atoms with van der Waals surface area (Å²) in [4.78, 5) is 0. The fourth-order valence-corrected chi connectivity index (χ4v) is 1.45. The number of ether oxygens (including phenoxy) is 3. The van der Waals surface area contributed by atoms with Crippen molar-refractivity contribution in [1.82, 2.24) is 5.32 Å². The summed E-state index contributed by atoms with van der Waals surface area (Å²) >= 11 is 0. The van der Waals surface area contributed by atoms with Crippen molar-refractivity contribution in [3.05, 3.63) is 0 Å². The molecule has 0 saturated carbocycles. The van der Waals surface area contributed by atoms with E-state index < -0.39 is 0 Å². The Balaban J connectivity index is 3.09. The maximum atomic E-state index is 5.64. The van der Waals surface area contributed by atoms with Gasteiger partial charge in [0, 0.05) is 7.11 Å². The normalized spacial score (nSPS) is 12.9. The average molecular weight is 247 g/mol. The Kier molecular flexibility index (Phi) is 13.8. The summed E-state index contributed by atoms with van der Waals surface area (Å²) in [5, 5.41) is 3.39. The maximum Gasteiger partial charge on any atom is 0.0704 e. The first-order chi connectivity index (χ1) is 8.31. The van der Waals surface area contributed by atoms with Gasteiger partial charge in [-0.05, 0) is 39.3 Å². The van der Waals surface area contributed by atoms with Crippen molar-refractivity contribution in [2.24, 2.45) is 0 Å². The predicted octanol–water partition coefficient (Wildman–Crippen LogP) is 1.83. The zero-order valence-corrected chi connectivity index (χ0v) is 11.7. The molecule has 0 aliphatic carbocycles. The predicted molar refractivity (Wildman–Crippen MR) is 70.5 cm³/mol. The summed E-state index contributed by atoms with van der Waals surface area (Å²) in [6, 6.07) is 0. The topological polar surface area (TPSA) is 39.7 Å². The summed E-state index contributed by atoms with van der Waals surface area (Å²) in [5.41, 5.74) is 0. The van der Waals surface area contributed by atoms with Crippen molar-refractivity contribution in [3.63, 3.8) is 0 Å². The van der Waals surface area contributed by atoms with Gasteiger partial charge in [-0.25, -0.2) is 0 Å². The highest BCUT2D eigenvalue weighted by atomic mass is 16.5. The Morgan fingerprint density at radius 2 is 1.82 bits per heavy atom. The van der Waals surface area contributed by atoms with Crippen LogP contribution in [0.5, 0.6) is 0 Å². The molecule has 0 aliphatic heterocycles. The van der Waals surface area contributed by atoms with Gasteiger partial charge in [0.05, 0.1) is 32.5 Å². The second-order valence-electron chi connectivity index (χ2n) is 4.18. The van der Waals surface area contributed by atoms with Crippen LogP contribution in [0.3, 0.4) is 0 Å². The molecule has 0 bridgehead atoms. The van der Waals surface area contributed by atoms with E-state index in [1.807, 2.05) is 0 Å². The molecule has 0 saturated heterocycles. The molecule has 0 heterocycles. The maximum absolute atomic E-state index is 5.64. The molecule has 4 nitrogen and oxygen atoms in total. The molecule has 0 spiro atoms. The lowest BCUT2D eigenvalue weighted by molar-refractivity contribution is -0.00318. The van der Waals surface area contributed by atoms with E-state index in [9.17, 15) is 0 Å². The molecule has 0 aromatic heterocycles. The lowest BCUT2D eigenvalue weighted by atomic mass is 10.2. The third-order valence-corrected chi connectivity index (χ3v) is 2.45. The molecular weight excluding hydrogens is 218 g/mol. The highest BCUT2D eigenvalue weighted by Crippen LogP contribution is 2.00. The minimum Gasteiger partial charge on any atom is -0.382 e. The van der Waals surface area contributed by atoms with Crippen LogP contribution in [0.2, 0.25) is 0 Å². The number of hydrogen-bond donors (Lipinski definition) is 1. The Labute approximate surface area is 106 Å². The summed E-state index contributed by atoms with van der Waals surface area (Å²) in [5.74, 6) is 0. The molecule has 0 aliphatic rings. The van der Waals surface area contributed by atoms with E-state index in [0.717, 1.165) is 19.5 Å². The lowest BCUT2D eigenvalue weighted by Gasteiger charge is -2.13. The zero-order chi connectivity index (χ0) is 12.8. The van der Waals surface area contributed by atoms with Crippen molar-refractivity contribution in [1.29, 1.82) is 0 Å². The molecule has 4 heteroatoms. The molecule has 1 unspecified atom stereocenters. The molecule has 1 atom stereocenters. The minimum absolute atomic E-state index is 0.324. The van der Waals surface area contributed by atoms with Crippen LogP contribution in [0.25, 0.3) is 0 Å². The Bertz CT molecular complexity index is 145. The van der Waals surface area contributed by atoms with Gasteiger partial charge in [-0.3, -0.25) is 0 Å². The number of rotatable bonds is 13. The van der Waals surface area contributed by atoms with Gasteiger partial charge in [-0.15, -0.1) is 0 Å². The van der Waals surface area contributed by atoms with Crippen LogP contribution in [0.4, 0.5) is 0 Å². The lowest BCUT2D eigenvalue weighted by Crippen LogP contribution is -2.19. The molecule has 0 amide bonds. The van der Waals surface area contributed by atoms with Gasteiger partial charge in [0.2, 0.25) is 0 Å². The molecule has 0 radical (unpaired) electrons. The van der Waals surface area contributed by atoms with E-state index in [4.69, 9.17) is 14.2 Å². The first-order valence-corrected chi connectivity index (χ1v) is 6.70. The van der Waals surface area contributed by atoms with E-state index in [2.05, 4.69) is 19.2 Å². The van der Waals surface area contributed by atoms with Crippen molar-refractivity contribution in [2.45, 2.75) is 39.2 Å². The standard InChI is InChI=1S/C13H29NO3/c1-4-7-14-8-5-6-13(2)17-12-11-16-10-9-15-3/h13-14H,4-12H2,1-3H3. The summed E-state index contributed by atoms with van der Waals surface area (Å²) in [6.45, 7) is 9.13. The quantitative estimate of drug-likeness (QED) is 0.504.